The summed E-state index contributed by atoms with van der Waals surface area (Å²) in [4.78, 5) is 0. The van der Waals surface area contributed by atoms with Crippen molar-refractivity contribution in [3.63, 3.8) is 0 Å². The van der Waals surface area contributed by atoms with Gasteiger partial charge in [0.2, 0.25) is 0 Å². The van der Waals surface area contributed by atoms with Gasteiger partial charge in [0, 0.05) is 0 Å². The van der Waals surface area contributed by atoms with Gasteiger partial charge in [-0.25, -0.2) is 0 Å². The fourth-order valence-corrected chi connectivity index (χ4v) is 0. The van der Waals surface area contributed by atoms with E-state index in [0.717, 1.165) is 0 Å². The van der Waals surface area contributed by atoms with Gasteiger partial charge in [0.25, 0.3) is 0 Å². The molecule has 0 nitrogen and oxygen atoms in total. The van der Waals surface area contributed by atoms with Crippen molar-refractivity contribution in [2.24, 2.45) is 0 Å². The molecular formula is C4H12BNa. The van der Waals surface area contributed by atoms with E-state index >= 15 is 0 Å². The summed E-state index contributed by atoms with van der Waals surface area (Å²) in [6, 6.07) is 0. The number of hydrogen-bond donors (Lipinski definition) is 0. The molecule has 0 bridgehead atoms. The zero-order valence-corrected chi connectivity index (χ0v) is 7.58. The Morgan fingerprint density at radius 3 is 0.833 bits per heavy atom. The second kappa shape index (κ2) is 3.12. The van der Waals surface area contributed by atoms with Crippen LogP contribution in [0.5, 0.6) is 0 Å². The maximum Gasteiger partial charge on any atom is 1.00 e. The van der Waals surface area contributed by atoms with Crippen LogP contribution in [0.2, 0.25) is 27.3 Å². The molecule has 0 saturated carbocycles. The van der Waals surface area contributed by atoms with E-state index in [1.54, 1.807) is 0 Å². The van der Waals surface area contributed by atoms with E-state index in [0.29, 0.717) is 0 Å². The summed E-state index contributed by atoms with van der Waals surface area (Å²) in [5, 5.41) is 0. The third-order valence-corrected chi connectivity index (χ3v) is 0. The van der Waals surface area contributed by atoms with Gasteiger partial charge in [-0.3, -0.25) is 0 Å². The van der Waals surface area contributed by atoms with Gasteiger partial charge < -0.3 is 0 Å². The largest absolute Gasteiger partial charge is 1.00 e. The molecule has 0 fully saturated rings. The summed E-state index contributed by atoms with van der Waals surface area (Å²) >= 11 is 0. The minimum absolute atomic E-state index is 0. The van der Waals surface area contributed by atoms with Crippen molar-refractivity contribution in [1.82, 2.24) is 0 Å². The van der Waals surface area contributed by atoms with Crippen LogP contribution in [0.3, 0.4) is 0 Å². The van der Waals surface area contributed by atoms with Crippen molar-refractivity contribution in [1.29, 1.82) is 0 Å². The van der Waals surface area contributed by atoms with Crippen LogP contribution in [-0.2, 0) is 0 Å². The summed E-state index contributed by atoms with van der Waals surface area (Å²) in [5.41, 5.74) is 0. The average molecular weight is 93.9 g/mol. The molecule has 2 heteroatoms. The van der Waals surface area contributed by atoms with E-state index < -0.39 is 0 Å². The third-order valence-electron chi connectivity index (χ3n) is 0. The Labute approximate surface area is 62.9 Å². The summed E-state index contributed by atoms with van der Waals surface area (Å²) in [5.74, 6) is 0. The Bertz CT molecular complexity index is 23.0. The SMILES string of the molecule is C[B-](C)(C)C.[Na+]. The zero-order valence-electron chi connectivity index (χ0n) is 5.58. The molecule has 0 aliphatic heterocycles. The minimum Gasteiger partial charge on any atom is -0.191 e. The molecule has 0 radical (unpaired) electrons. The standard InChI is InChI=1S/C4H12B.Na/c1-5(2,3)4;/h1-4H3;/q-1;+1. The maximum absolute atomic E-state index is 2.25. The van der Waals surface area contributed by atoms with Gasteiger partial charge in [-0.15, -0.1) is 0 Å². The molecule has 0 N–H and O–H groups in total. The molecule has 0 spiro atoms. The quantitative estimate of drug-likeness (QED) is 0.336. The van der Waals surface area contributed by atoms with Crippen LogP contribution in [0.25, 0.3) is 0 Å². The van der Waals surface area contributed by atoms with Crippen molar-refractivity contribution in [3.8, 4) is 0 Å². The topological polar surface area (TPSA) is 0 Å². The van der Waals surface area contributed by atoms with E-state index in [-0.39, 0.29) is 35.7 Å². The first-order valence-electron chi connectivity index (χ1n) is 2.31. The van der Waals surface area contributed by atoms with Crippen LogP contribution in [0.15, 0.2) is 0 Å². The summed E-state index contributed by atoms with van der Waals surface area (Å²) < 4.78 is 0. The molecule has 0 unspecified atom stereocenters. The summed E-state index contributed by atoms with van der Waals surface area (Å²) in [6.07, 6.45) is 0. The van der Waals surface area contributed by atoms with Gasteiger partial charge in [-0.2, -0.15) is 27.3 Å². The first-order chi connectivity index (χ1) is 2.00. The molecule has 0 saturated heterocycles. The van der Waals surface area contributed by atoms with Gasteiger partial charge in [-0.1, -0.05) is 0 Å². The van der Waals surface area contributed by atoms with Crippen LogP contribution in [0.1, 0.15) is 0 Å². The molecule has 0 aliphatic carbocycles. The Hall–Kier alpha value is 1.06. The third kappa shape index (κ3) is 73.8. The molecule has 0 aromatic rings. The van der Waals surface area contributed by atoms with Crippen LogP contribution in [0, 0.1) is 0 Å². The van der Waals surface area contributed by atoms with Crippen molar-refractivity contribution in [2.75, 3.05) is 0 Å². The van der Waals surface area contributed by atoms with Gasteiger partial charge in [0.1, 0.15) is 0 Å². The Balaban J connectivity index is 0. The molecule has 32 valence electrons. The van der Waals surface area contributed by atoms with E-state index in [1.807, 2.05) is 0 Å². The van der Waals surface area contributed by atoms with Crippen LogP contribution >= 0.6 is 0 Å². The monoisotopic (exact) mass is 94.1 g/mol. The predicted molar refractivity (Wildman–Crippen MR) is 29.2 cm³/mol. The first kappa shape index (κ1) is 10.1. The zero-order chi connectivity index (χ0) is 4.50. The Morgan fingerprint density at radius 2 is 0.833 bits per heavy atom. The van der Waals surface area contributed by atoms with Crippen LogP contribution < -0.4 is 29.6 Å². The molecule has 0 atom stereocenters. The normalized spacial score (nSPS) is 10.0. The molecule has 0 amide bonds. The molecule has 0 heterocycles. The Kier molecular flexibility index (Phi) is 5.26. The summed E-state index contributed by atoms with van der Waals surface area (Å²) in [7, 11) is 0. The second-order valence-corrected chi connectivity index (χ2v) is 3.46. The molecule has 0 aromatic carbocycles. The van der Waals surface area contributed by atoms with Crippen LogP contribution in [-0.4, -0.2) is 6.15 Å². The maximum atomic E-state index is 2.25. The second-order valence-electron chi connectivity index (χ2n) is 3.46. The first-order valence-corrected chi connectivity index (χ1v) is 2.31. The fourth-order valence-electron chi connectivity index (χ4n) is 0. The van der Waals surface area contributed by atoms with Crippen molar-refractivity contribution < 1.29 is 29.6 Å². The fraction of sp³-hybridized carbons (Fsp3) is 1.00. The molecule has 0 aromatic heterocycles. The molecule has 0 aliphatic rings. The molecule has 0 rings (SSSR count). The van der Waals surface area contributed by atoms with Gasteiger partial charge in [-0.05, 0) is 6.15 Å². The van der Waals surface area contributed by atoms with E-state index in [4.69, 9.17) is 0 Å². The van der Waals surface area contributed by atoms with Crippen LogP contribution in [0.4, 0.5) is 0 Å². The number of hydrogen-bond acceptors (Lipinski definition) is 0. The average Bonchev–Trinajstić information content (AvgIpc) is 0.722. The Morgan fingerprint density at radius 1 is 0.833 bits per heavy atom. The number of rotatable bonds is 0. The molecular weight excluding hydrogens is 81.8 g/mol. The smallest absolute Gasteiger partial charge is 0.191 e. The van der Waals surface area contributed by atoms with Crippen molar-refractivity contribution in [3.05, 3.63) is 0 Å². The predicted octanol–water partition coefficient (Wildman–Crippen LogP) is -1.04. The van der Waals surface area contributed by atoms with E-state index in [2.05, 4.69) is 27.3 Å². The van der Waals surface area contributed by atoms with Crippen molar-refractivity contribution >= 4 is 6.15 Å². The van der Waals surface area contributed by atoms with Crippen molar-refractivity contribution in [2.45, 2.75) is 27.3 Å². The minimum atomic E-state index is 0. The summed E-state index contributed by atoms with van der Waals surface area (Å²) in [6.45, 7) is 9.00. The van der Waals surface area contributed by atoms with E-state index in [1.165, 1.54) is 0 Å². The van der Waals surface area contributed by atoms with Gasteiger partial charge in [0.05, 0.1) is 0 Å². The molecule has 6 heavy (non-hydrogen) atoms. The van der Waals surface area contributed by atoms with Gasteiger partial charge >= 0.3 is 29.6 Å². The van der Waals surface area contributed by atoms with E-state index in [9.17, 15) is 0 Å². The van der Waals surface area contributed by atoms with Gasteiger partial charge in [0.15, 0.2) is 0 Å².